The summed E-state index contributed by atoms with van der Waals surface area (Å²) in [6.45, 7) is 3.14. The maximum atomic E-state index is 12.3. The van der Waals surface area contributed by atoms with Crippen molar-refractivity contribution in [1.82, 2.24) is 4.98 Å². The second-order valence-corrected chi connectivity index (χ2v) is 6.19. The fourth-order valence-corrected chi connectivity index (χ4v) is 2.59. The van der Waals surface area contributed by atoms with E-state index >= 15 is 0 Å². The Hall–Kier alpha value is -1.86. The number of halogens is 3. The van der Waals surface area contributed by atoms with E-state index in [9.17, 15) is 18.0 Å². The van der Waals surface area contributed by atoms with Gasteiger partial charge in [0.25, 0.3) is 0 Å². The summed E-state index contributed by atoms with van der Waals surface area (Å²) in [5, 5.41) is 0.663. The predicted octanol–water partition coefficient (Wildman–Crippen LogP) is 4.49. The number of ether oxygens (including phenoxy) is 2. The largest absolute Gasteiger partial charge is 0.389 e. The molecule has 0 spiro atoms. The molecule has 0 aliphatic heterocycles. The molecule has 0 saturated heterocycles. The van der Waals surface area contributed by atoms with Gasteiger partial charge in [-0.05, 0) is 38.3 Å². The Kier molecular flexibility index (Phi) is 7.66. The van der Waals surface area contributed by atoms with Gasteiger partial charge in [-0.2, -0.15) is 13.2 Å². The minimum Gasteiger partial charge on any atom is -0.381 e. The minimum atomic E-state index is -4.11. The van der Waals surface area contributed by atoms with Crippen LogP contribution in [0.5, 0.6) is 0 Å². The number of para-hydroxylation sites is 1. The van der Waals surface area contributed by atoms with E-state index in [1.165, 1.54) is 0 Å². The monoisotopic (exact) mass is 371 g/mol. The molecule has 2 rings (SSSR count). The number of nitrogens with one attached hydrogen (secondary N) is 1. The van der Waals surface area contributed by atoms with Gasteiger partial charge in [0, 0.05) is 48.4 Å². The molecule has 0 unspecified atom stereocenters. The Balaban J connectivity index is 1.64. The molecule has 0 aliphatic carbocycles. The van der Waals surface area contributed by atoms with E-state index in [-0.39, 0.29) is 18.5 Å². The van der Waals surface area contributed by atoms with Gasteiger partial charge in [0.1, 0.15) is 0 Å². The summed E-state index contributed by atoms with van der Waals surface area (Å²) in [7, 11) is 0. The van der Waals surface area contributed by atoms with E-state index in [2.05, 4.69) is 4.98 Å². The predicted molar refractivity (Wildman–Crippen MR) is 94.3 cm³/mol. The zero-order chi connectivity index (χ0) is 19.0. The van der Waals surface area contributed by atoms with Crippen molar-refractivity contribution in [2.24, 2.45) is 0 Å². The first-order valence-corrected chi connectivity index (χ1v) is 8.71. The summed E-state index contributed by atoms with van der Waals surface area (Å²) in [6.07, 6.45) is -3.46. The Morgan fingerprint density at radius 3 is 2.38 bits per heavy atom. The lowest BCUT2D eigenvalue weighted by molar-refractivity contribution is -0.137. The van der Waals surface area contributed by atoms with Gasteiger partial charge >= 0.3 is 6.18 Å². The number of alkyl halides is 3. The number of rotatable bonds is 10. The fourth-order valence-electron chi connectivity index (χ4n) is 2.59. The number of pyridine rings is 1. The van der Waals surface area contributed by atoms with E-state index in [1.54, 1.807) is 13.0 Å². The maximum absolute atomic E-state index is 12.3. The average Bonchev–Trinajstić information content (AvgIpc) is 2.59. The molecule has 7 heteroatoms. The van der Waals surface area contributed by atoms with Crippen molar-refractivity contribution in [2.75, 3.05) is 19.8 Å². The van der Waals surface area contributed by atoms with Crippen LogP contribution >= 0.6 is 0 Å². The van der Waals surface area contributed by atoms with Crippen molar-refractivity contribution < 1.29 is 22.6 Å². The van der Waals surface area contributed by atoms with Gasteiger partial charge < -0.3 is 14.5 Å². The first kappa shape index (κ1) is 20.5. The van der Waals surface area contributed by atoms with Crippen LogP contribution in [0.25, 0.3) is 10.9 Å². The molecule has 2 aromatic rings. The van der Waals surface area contributed by atoms with Crippen molar-refractivity contribution >= 4 is 10.9 Å². The lowest BCUT2D eigenvalue weighted by Gasteiger charge is -2.10. The molecular weight excluding hydrogens is 347 g/mol. The summed E-state index contributed by atoms with van der Waals surface area (Å²) in [5.74, 6) is 0. The first-order valence-electron chi connectivity index (χ1n) is 8.71. The van der Waals surface area contributed by atoms with Crippen LogP contribution < -0.4 is 5.43 Å². The average molecular weight is 371 g/mol. The highest BCUT2D eigenvalue weighted by Crippen LogP contribution is 2.21. The summed E-state index contributed by atoms with van der Waals surface area (Å²) >= 11 is 0. The van der Waals surface area contributed by atoms with Gasteiger partial charge in [-0.25, -0.2) is 0 Å². The first-order chi connectivity index (χ1) is 12.4. The number of H-pyrrole nitrogens is 1. The van der Waals surface area contributed by atoms with E-state index in [0.29, 0.717) is 30.8 Å². The Morgan fingerprint density at radius 2 is 1.65 bits per heavy atom. The molecule has 144 valence electrons. The van der Waals surface area contributed by atoms with Crippen molar-refractivity contribution in [2.45, 2.75) is 45.4 Å². The van der Waals surface area contributed by atoms with Crippen molar-refractivity contribution in [3.63, 3.8) is 0 Å². The molecule has 1 aromatic heterocycles. The molecule has 26 heavy (non-hydrogen) atoms. The quantitative estimate of drug-likeness (QED) is 0.626. The Bertz CT molecular complexity index is 756. The molecular formula is C19H24F3NO3. The molecule has 0 atom stereocenters. The zero-order valence-corrected chi connectivity index (χ0v) is 14.8. The van der Waals surface area contributed by atoms with Gasteiger partial charge in [0.2, 0.25) is 0 Å². The van der Waals surface area contributed by atoms with Gasteiger partial charge in [-0.15, -0.1) is 0 Å². The lowest BCUT2D eigenvalue weighted by atomic mass is 10.1. The standard InChI is InChI=1S/C19H24F3NO3/c1-14-17(23-16-8-3-2-7-15(16)18(14)24)13-26-11-5-4-10-25-12-6-9-19(20,21)22/h2-3,7-8H,4-6,9-13H2,1H3,(H,23,24). The smallest absolute Gasteiger partial charge is 0.381 e. The number of benzene rings is 1. The van der Waals surface area contributed by atoms with E-state index in [0.717, 1.165) is 24.1 Å². The van der Waals surface area contributed by atoms with Crippen LogP contribution in [0, 0.1) is 6.92 Å². The van der Waals surface area contributed by atoms with Crippen molar-refractivity contribution in [3.05, 3.63) is 45.7 Å². The van der Waals surface area contributed by atoms with Crippen LogP contribution in [0.2, 0.25) is 0 Å². The Labute approximate surface area is 150 Å². The number of aromatic nitrogens is 1. The van der Waals surface area contributed by atoms with Crippen molar-refractivity contribution in [3.8, 4) is 0 Å². The summed E-state index contributed by atoms with van der Waals surface area (Å²) in [5.41, 5.74) is 2.20. The number of fused-ring (bicyclic) bond motifs is 1. The van der Waals surface area contributed by atoms with Gasteiger partial charge in [-0.3, -0.25) is 4.79 Å². The minimum absolute atomic E-state index is 0.00482. The molecule has 0 saturated carbocycles. The van der Waals surface area contributed by atoms with E-state index < -0.39 is 12.6 Å². The molecule has 0 amide bonds. The molecule has 4 nitrogen and oxygen atoms in total. The topological polar surface area (TPSA) is 51.3 Å². The summed E-state index contributed by atoms with van der Waals surface area (Å²) in [4.78, 5) is 15.5. The molecule has 0 radical (unpaired) electrons. The second-order valence-electron chi connectivity index (χ2n) is 6.19. The summed E-state index contributed by atoms with van der Waals surface area (Å²) in [6, 6.07) is 7.35. The fraction of sp³-hybridized carbons (Fsp3) is 0.526. The number of aromatic amines is 1. The number of unbranched alkanes of at least 4 members (excludes halogenated alkanes) is 1. The second kappa shape index (κ2) is 9.73. The van der Waals surface area contributed by atoms with Crippen LogP contribution in [0.3, 0.4) is 0 Å². The van der Waals surface area contributed by atoms with E-state index in [4.69, 9.17) is 9.47 Å². The highest BCUT2D eigenvalue weighted by Gasteiger charge is 2.25. The SMILES string of the molecule is Cc1c(COCCCCOCCCC(F)(F)F)[nH]c2ccccc2c1=O. The van der Waals surface area contributed by atoms with Crippen LogP contribution in [-0.2, 0) is 16.1 Å². The molecule has 0 bridgehead atoms. The van der Waals surface area contributed by atoms with Gasteiger partial charge in [-0.1, -0.05) is 12.1 Å². The highest BCUT2D eigenvalue weighted by molar-refractivity contribution is 5.79. The summed E-state index contributed by atoms with van der Waals surface area (Å²) < 4.78 is 46.6. The molecule has 1 aromatic carbocycles. The number of hydrogen-bond acceptors (Lipinski definition) is 3. The third kappa shape index (κ3) is 6.46. The molecule has 0 fully saturated rings. The maximum Gasteiger partial charge on any atom is 0.389 e. The Morgan fingerprint density at radius 1 is 1.00 bits per heavy atom. The van der Waals surface area contributed by atoms with Crippen LogP contribution in [0.15, 0.2) is 29.1 Å². The van der Waals surface area contributed by atoms with Gasteiger partial charge in [0.05, 0.1) is 6.61 Å². The van der Waals surface area contributed by atoms with E-state index in [1.807, 2.05) is 18.2 Å². The lowest BCUT2D eigenvalue weighted by Crippen LogP contribution is -2.13. The molecule has 1 N–H and O–H groups in total. The normalized spacial score (nSPS) is 12.0. The zero-order valence-electron chi connectivity index (χ0n) is 14.8. The molecule has 0 aliphatic rings. The van der Waals surface area contributed by atoms with Crippen LogP contribution in [-0.4, -0.2) is 31.0 Å². The van der Waals surface area contributed by atoms with Crippen LogP contribution in [0.4, 0.5) is 13.2 Å². The number of hydrogen-bond donors (Lipinski definition) is 1. The van der Waals surface area contributed by atoms with Gasteiger partial charge in [0.15, 0.2) is 5.43 Å². The third-order valence-corrected chi connectivity index (χ3v) is 4.07. The van der Waals surface area contributed by atoms with Crippen LogP contribution in [0.1, 0.15) is 36.9 Å². The highest BCUT2D eigenvalue weighted by atomic mass is 19.4. The third-order valence-electron chi connectivity index (χ3n) is 4.07. The molecule has 1 heterocycles. The van der Waals surface area contributed by atoms with Crippen molar-refractivity contribution in [1.29, 1.82) is 0 Å².